The van der Waals surface area contributed by atoms with Gasteiger partial charge in [0.1, 0.15) is 6.07 Å². The number of benzene rings is 5. The highest BCUT2D eigenvalue weighted by molar-refractivity contribution is 6.09. The molecule has 2 fully saturated rings. The SMILES string of the molecule is CCOc1cc2ncc(C(N)=O)c(Nc3cccc(CN4CCC(C(N)=O)CC4)c3CC)c2cc1OCC.CCOc1cc2ncc(C(N)=O)c(Nc3cccc(CN4CCN(c5ccccc5C#N)CC4)c3CC)c2cc1OCC. The van der Waals surface area contributed by atoms with E-state index >= 15 is 0 Å². The Labute approximate surface area is 474 Å². The summed E-state index contributed by atoms with van der Waals surface area (Å²) in [6.45, 7) is 20.6. The summed E-state index contributed by atoms with van der Waals surface area (Å²) in [5, 5.41) is 18.1. The molecule has 18 heteroatoms. The summed E-state index contributed by atoms with van der Waals surface area (Å²) in [6.07, 6.45) is 6.19. The van der Waals surface area contributed by atoms with E-state index in [-0.39, 0.29) is 11.8 Å². The Kier molecular flexibility index (Phi) is 19.8. The summed E-state index contributed by atoms with van der Waals surface area (Å²) in [5.74, 6) is 0.997. The fourth-order valence-corrected chi connectivity index (χ4v) is 10.9. The van der Waals surface area contributed by atoms with Gasteiger partial charge in [0.2, 0.25) is 5.91 Å². The number of hydrogen-bond acceptors (Lipinski definition) is 15. The van der Waals surface area contributed by atoms with Crippen LogP contribution in [0.5, 0.6) is 23.0 Å². The van der Waals surface area contributed by atoms with Gasteiger partial charge in [0, 0.05) is 91.9 Å². The minimum atomic E-state index is -0.569. The number of piperazine rings is 1. The fraction of sp³-hybridized carbons (Fsp3) is 0.365. The molecule has 0 bridgehead atoms. The monoisotopic (exact) mass is 1100 g/mol. The van der Waals surface area contributed by atoms with Crippen LogP contribution in [-0.2, 0) is 30.7 Å². The molecular weight excluding hydrogens is 1020 g/mol. The number of aromatic nitrogens is 2. The van der Waals surface area contributed by atoms with Gasteiger partial charge < -0.3 is 51.7 Å². The first-order valence-electron chi connectivity index (χ1n) is 28.1. The number of carbonyl (C=O) groups is 3. The zero-order chi connectivity index (χ0) is 57.6. The molecule has 8 N–H and O–H groups in total. The van der Waals surface area contributed by atoms with Crippen molar-refractivity contribution >= 4 is 68.0 Å². The van der Waals surface area contributed by atoms with Gasteiger partial charge in [0.05, 0.1) is 71.2 Å². The van der Waals surface area contributed by atoms with Crippen molar-refractivity contribution in [1.82, 2.24) is 19.8 Å². The molecule has 0 saturated carbocycles. The third kappa shape index (κ3) is 13.7. The second-order valence-corrected chi connectivity index (χ2v) is 19.9. The number of ether oxygens (including phenoxy) is 4. The summed E-state index contributed by atoms with van der Waals surface area (Å²) in [4.78, 5) is 52.7. The zero-order valence-electron chi connectivity index (χ0n) is 47.4. The topological polar surface area (TPSA) is 250 Å². The normalized spacial score (nSPS) is 13.9. The Morgan fingerprint density at radius 2 is 1.01 bits per heavy atom. The molecule has 4 heterocycles. The number of hydrogen-bond donors (Lipinski definition) is 5. The smallest absolute Gasteiger partial charge is 0.252 e. The van der Waals surface area contributed by atoms with Gasteiger partial charge in [-0.1, -0.05) is 50.2 Å². The number of pyridine rings is 2. The van der Waals surface area contributed by atoms with Crippen molar-refractivity contribution in [3.8, 4) is 29.1 Å². The molecule has 2 aliphatic rings. The lowest BCUT2D eigenvalue weighted by Gasteiger charge is -2.36. The molecule has 0 radical (unpaired) electrons. The second kappa shape index (κ2) is 27.5. The van der Waals surface area contributed by atoms with E-state index in [4.69, 9.17) is 36.1 Å². The van der Waals surface area contributed by atoms with E-state index in [1.807, 2.05) is 100 Å². The number of fused-ring (bicyclic) bond motifs is 2. The molecule has 2 aromatic heterocycles. The Hall–Kier alpha value is -8.66. The van der Waals surface area contributed by atoms with Crippen molar-refractivity contribution in [3.63, 3.8) is 0 Å². The quantitative estimate of drug-likeness (QED) is 0.0424. The van der Waals surface area contributed by atoms with Crippen LogP contribution in [0.3, 0.4) is 0 Å². The first-order valence-corrected chi connectivity index (χ1v) is 28.1. The maximum atomic E-state index is 12.5. The lowest BCUT2D eigenvalue weighted by Crippen LogP contribution is -2.46. The average molecular weight is 1100 g/mol. The number of para-hydroxylation sites is 1. The van der Waals surface area contributed by atoms with Crippen LogP contribution < -0.4 is 51.7 Å². The zero-order valence-corrected chi connectivity index (χ0v) is 47.4. The van der Waals surface area contributed by atoms with Crippen LogP contribution in [0.4, 0.5) is 28.4 Å². The van der Waals surface area contributed by atoms with E-state index in [1.54, 1.807) is 0 Å². The van der Waals surface area contributed by atoms with E-state index in [0.29, 0.717) is 93.9 Å². The van der Waals surface area contributed by atoms with Crippen LogP contribution in [0.2, 0.25) is 0 Å². The Balaban J connectivity index is 0.000000214. The molecule has 81 heavy (non-hydrogen) atoms. The van der Waals surface area contributed by atoms with Crippen LogP contribution in [0.15, 0.2) is 97.3 Å². The molecule has 424 valence electrons. The second-order valence-electron chi connectivity index (χ2n) is 19.9. The van der Waals surface area contributed by atoms with Gasteiger partial charge >= 0.3 is 0 Å². The van der Waals surface area contributed by atoms with Crippen LogP contribution in [0.25, 0.3) is 21.8 Å². The molecule has 7 aromatic rings. The van der Waals surface area contributed by atoms with Crippen LogP contribution in [0.1, 0.15) is 103 Å². The first-order chi connectivity index (χ1) is 39.3. The number of nitrogens with one attached hydrogen (secondary N) is 2. The molecule has 0 spiro atoms. The number of primary amides is 3. The molecule has 18 nitrogen and oxygen atoms in total. The highest BCUT2D eigenvalue weighted by Crippen LogP contribution is 2.41. The number of nitriles is 1. The van der Waals surface area contributed by atoms with Gasteiger partial charge in [-0.15, -0.1) is 0 Å². The van der Waals surface area contributed by atoms with Crippen molar-refractivity contribution in [1.29, 1.82) is 5.26 Å². The van der Waals surface area contributed by atoms with Gasteiger partial charge in [0.15, 0.2) is 23.0 Å². The Morgan fingerprint density at radius 3 is 1.42 bits per heavy atom. The van der Waals surface area contributed by atoms with Crippen LogP contribution in [-0.4, -0.2) is 103 Å². The number of nitrogens with two attached hydrogens (primary N) is 3. The maximum Gasteiger partial charge on any atom is 0.252 e. The number of likely N-dealkylation sites (tertiary alicyclic amines) is 1. The van der Waals surface area contributed by atoms with E-state index in [9.17, 15) is 19.6 Å². The predicted octanol–water partition coefficient (Wildman–Crippen LogP) is 9.77. The molecule has 0 atom stereocenters. The average Bonchev–Trinajstić information content (AvgIpc) is 3.67. The van der Waals surface area contributed by atoms with Crippen molar-refractivity contribution in [2.24, 2.45) is 23.1 Å². The third-order valence-corrected chi connectivity index (χ3v) is 14.9. The lowest BCUT2D eigenvalue weighted by atomic mass is 9.95. The van der Waals surface area contributed by atoms with Gasteiger partial charge in [-0.3, -0.25) is 34.2 Å². The molecular formula is C63H75N11O7. The maximum absolute atomic E-state index is 12.5. The number of amides is 3. The van der Waals surface area contributed by atoms with E-state index < -0.39 is 11.8 Å². The summed E-state index contributed by atoms with van der Waals surface area (Å²) < 4.78 is 23.3. The molecule has 5 aromatic carbocycles. The van der Waals surface area contributed by atoms with Crippen LogP contribution in [0, 0.1) is 17.2 Å². The van der Waals surface area contributed by atoms with Crippen molar-refractivity contribution in [3.05, 3.63) is 136 Å². The van der Waals surface area contributed by atoms with Gasteiger partial charge in [-0.2, -0.15) is 5.26 Å². The van der Waals surface area contributed by atoms with E-state index in [1.165, 1.54) is 29.1 Å². The highest BCUT2D eigenvalue weighted by atomic mass is 16.5. The van der Waals surface area contributed by atoms with Crippen molar-refractivity contribution < 1.29 is 33.3 Å². The fourth-order valence-electron chi connectivity index (χ4n) is 10.9. The number of carbonyl (C=O) groups excluding carboxylic acids is 3. The molecule has 0 aliphatic carbocycles. The minimum absolute atomic E-state index is 0.0399. The summed E-state index contributed by atoms with van der Waals surface area (Å²) >= 11 is 0. The van der Waals surface area contributed by atoms with Gasteiger partial charge in [-0.05, 0) is 125 Å². The largest absolute Gasteiger partial charge is 0.490 e. The molecule has 2 saturated heterocycles. The summed E-state index contributed by atoms with van der Waals surface area (Å²) in [7, 11) is 0. The standard InChI is InChI=1S/C34H38N6O3.C29H37N5O4/c1-4-25-24(22-39-14-16-40(17-15-39)30-13-8-7-10-23(30)20-35)11-9-12-28(25)38-33-26-18-31(42-5-2)32(43-6-3)19-29(26)37-21-27(33)34(36)41;1-4-20-19(17-34-12-10-18(11-13-34)28(30)35)8-7-9-23(20)33-27-21-14-25(37-5-2)26(38-6-3)15-24(21)32-16-22(27)29(31)36/h7-13,18-19,21H,4-6,14-17,22H2,1-3H3,(H2,36,41)(H,37,38);7-9,14-16,18H,4-6,10-13,17H2,1-3H3,(H2,30,35)(H2,31,36)(H,32,33). The van der Waals surface area contributed by atoms with Crippen molar-refractivity contribution in [2.45, 2.75) is 80.3 Å². The first kappa shape index (κ1) is 58.5. The lowest BCUT2D eigenvalue weighted by molar-refractivity contribution is -0.123. The van der Waals surface area contributed by atoms with E-state index in [2.05, 4.69) is 67.4 Å². The number of rotatable bonds is 22. The Bertz CT molecular complexity index is 3420. The molecule has 0 unspecified atom stereocenters. The van der Waals surface area contributed by atoms with E-state index in [0.717, 1.165) is 106 Å². The highest BCUT2D eigenvalue weighted by Gasteiger charge is 2.26. The van der Waals surface area contributed by atoms with Crippen LogP contribution >= 0.6 is 0 Å². The Morgan fingerprint density at radius 1 is 0.580 bits per heavy atom. The molecule has 9 rings (SSSR count). The predicted molar refractivity (Wildman–Crippen MR) is 319 cm³/mol. The molecule has 2 aliphatic heterocycles. The third-order valence-electron chi connectivity index (χ3n) is 14.9. The number of piperidine rings is 1. The van der Waals surface area contributed by atoms with Gasteiger partial charge in [-0.25, -0.2) is 0 Å². The number of anilines is 5. The minimum Gasteiger partial charge on any atom is -0.490 e. The summed E-state index contributed by atoms with van der Waals surface area (Å²) in [5.41, 5.74) is 28.5. The number of nitrogens with zero attached hydrogens (tertiary/aromatic N) is 6. The molecule has 3 amide bonds. The summed E-state index contributed by atoms with van der Waals surface area (Å²) in [6, 6.07) is 29.9. The van der Waals surface area contributed by atoms with Crippen molar-refractivity contribution in [2.75, 3.05) is 81.2 Å². The van der Waals surface area contributed by atoms with Gasteiger partial charge in [0.25, 0.3) is 11.8 Å².